The minimum Gasteiger partial charge on any atom is -0.423 e. The molecule has 0 saturated carbocycles. The van der Waals surface area contributed by atoms with Crippen LogP contribution in [0, 0.1) is 0 Å². The summed E-state index contributed by atoms with van der Waals surface area (Å²) in [5.41, 5.74) is 1.48. The summed E-state index contributed by atoms with van der Waals surface area (Å²) in [6.07, 6.45) is 3.46. The zero-order valence-electron chi connectivity index (χ0n) is 9.72. The van der Waals surface area contributed by atoms with Crippen molar-refractivity contribution < 1.29 is 14.8 Å². The predicted octanol–water partition coefficient (Wildman–Crippen LogP) is 1.07. The third kappa shape index (κ3) is 4.79. The molecule has 0 unspecified atom stereocenters. The summed E-state index contributed by atoms with van der Waals surface area (Å²) in [7, 11) is -1.40. The first kappa shape index (κ1) is 13.2. The predicted molar refractivity (Wildman–Crippen MR) is 65.4 cm³/mol. The number of unbranched alkanes of at least 4 members (excludes halogenated alkanes) is 2. The standard InChI is InChI=1S/C12H19BO3/c1-2-3-4-8-16-10-11-6-5-7-12(9-11)13(14)15/h5-7,9,14-15H,2-4,8,10H2,1H3. The maximum Gasteiger partial charge on any atom is 0.488 e. The van der Waals surface area contributed by atoms with Gasteiger partial charge in [0.1, 0.15) is 0 Å². The van der Waals surface area contributed by atoms with Crippen molar-refractivity contribution in [3.63, 3.8) is 0 Å². The van der Waals surface area contributed by atoms with Crippen molar-refractivity contribution in [3.8, 4) is 0 Å². The number of ether oxygens (including phenoxy) is 1. The second-order valence-electron chi connectivity index (χ2n) is 3.88. The highest BCUT2D eigenvalue weighted by Crippen LogP contribution is 2.01. The quantitative estimate of drug-likeness (QED) is 0.536. The molecule has 16 heavy (non-hydrogen) atoms. The molecule has 0 amide bonds. The normalized spacial score (nSPS) is 10.4. The van der Waals surface area contributed by atoms with E-state index >= 15 is 0 Å². The van der Waals surface area contributed by atoms with Gasteiger partial charge in [-0.05, 0) is 17.4 Å². The van der Waals surface area contributed by atoms with Crippen LogP contribution in [-0.2, 0) is 11.3 Å². The fraction of sp³-hybridized carbons (Fsp3) is 0.500. The van der Waals surface area contributed by atoms with Gasteiger partial charge in [0, 0.05) is 6.61 Å². The molecule has 0 aromatic heterocycles. The second kappa shape index (κ2) is 7.44. The van der Waals surface area contributed by atoms with Gasteiger partial charge in [-0.2, -0.15) is 0 Å². The summed E-state index contributed by atoms with van der Waals surface area (Å²) in [6.45, 7) is 3.45. The monoisotopic (exact) mass is 222 g/mol. The molecule has 0 spiro atoms. The van der Waals surface area contributed by atoms with Crippen LogP contribution in [0.3, 0.4) is 0 Å². The lowest BCUT2D eigenvalue weighted by Crippen LogP contribution is -2.29. The molecule has 0 saturated heterocycles. The summed E-state index contributed by atoms with van der Waals surface area (Å²) >= 11 is 0. The number of benzene rings is 1. The Morgan fingerprint density at radius 3 is 2.75 bits per heavy atom. The Labute approximate surface area is 97.2 Å². The lowest BCUT2D eigenvalue weighted by molar-refractivity contribution is 0.117. The van der Waals surface area contributed by atoms with Crippen LogP contribution in [0.5, 0.6) is 0 Å². The van der Waals surface area contributed by atoms with Crippen molar-refractivity contribution in [1.29, 1.82) is 0 Å². The molecule has 0 aliphatic heterocycles. The van der Waals surface area contributed by atoms with Crippen molar-refractivity contribution in [3.05, 3.63) is 29.8 Å². The van der Waals surface area contributed by atoms with Crippen LogP contribution < -0.4 is 5.46 Å². The van der Waals surface area contributed by atoms with Crippen molar-refractivity contribution in [2.75, 3.05) is 6.61 Å². The minimum absolute atomic E-state index is 0.509. The highest BCUT2D eigenvalue weighted by Gasteiger charge is 2.10. The van der Waals surface area contributed by atoms with E-state index < -0.39 is 7.12 Å². The largest absolute Gasteiger partial charge is 0.488 e. The zero-order chi connectivity index (χ0) is 11.8. The number of hydrogen-bond donors (Lipinski definition) is 2. The van der Waals surface area contributed by atoms with E-state index in [9.17, 15) is 0 Å². The Kier molecular flexibility index (Phi) is 6.15. The van der Waals surface area contributed by atoms with Crippen LogP contribution in [0.2, 0.25) is 0 Å². The van der Waals surface area contributed by atoms with Gasteiger partial charge in [-0.25, -0.2) is 0 Å². The van der Waals surface area contributed by atoms with Gasteiger partial charge in [-0.1, -0.05) is 44.0 Å². The molecular weight excluding hydrogens is 203 g/mol. The van der Waals surface area contributed by atoms with Crippen molar-refractivity contribution >= 4 is 12.6 Å². The summed E-state index contributed by atoms with van der Waals surface area (Å²) < 4.78 is 5.49. The topological polar surface area (TPSA) is 49.7 Å². The number of hydrogen-bond acceptors (Lipinski definition) is 3. The zero-order valence-corrected chi connectivity index (χ0v) is 9.72. The molecule has 0 aliphatic rings. The van der Waals surface area contributed by atoms with E-state index in [1.165, 1.54) is 12.8 Å². The average molecular weight is 222 g/mol. The molecule has 1 rings (SSSR count). The van der Waals surface area contributed by atoms with E-state index in [0.29, 0.717) is 12.1 Å². The van der Waals surface area contributed by atoms with Crippen LogP contribution in [0.1, 0.15) is 31.7 Å². The molecule has 0 bridgehead atoms. The lowest BCUT2D eigenvalue weighted by atomic mass is 9.80. The van der Waals surface area contributed by atoms with Crippen molar-refractivity contribution in [1.82, 2.24) is 0 Å². The highest BCUT2D eigenvalue weighted by molar-refractivity contribution is 6.58. The van der Waals surface area contributed by atoms with Crippen molar-refractivity contribution in [2.45, 2.75) is 32.8 Å². The molecule has 0 atom stereocenters. The maximum atomic E-state index is 9.00. The Morgan fingerprint density at radius 1 is 1.25 bits per heavy atom. The molecule has 2 N–H and O–H groups in total. The molecule has 1 aromatic rings. The van der Waals surface area contributed by atoms with Crippen LogP contribution in [0.4, 0.5) is 0 Å². The van der Waals surface area contributed by atoms with E-state index in [-0.39, 0.29) is 0 Å². The first-order valence-electron chi connectivity index (χ1n) is 5.76. The van der Waals surface area contributed by atoms with E-state index in [1.807, 2.05) is 6.07 Å². The molecule has 3 nitrogen and oxygen atoms in total. The van der Waals surface area contributed by atoms with Gasteiger partial charge in [0.2, 0.25) is 0 Å². The number of rotatable bonds is 7. The molecular formula is C12H19BO3. The SMILES string of the molecule is CCCCCOCc1cccc(B(O)O)c1. The lowest BCUT2D eigenvalue weighted by Gasteiger charge is -2.06. The van der Waals surface area contributed by atoms with Gasteiger partial charge in [0.05, 0.1) is 6.61 Å². The van der Waals surface area contributed by atoms with Crippen LogP contribution in [-0.4, -0.2) is 23.8 Å². The molecule has 0 aliphatic carbocycles. The summed E-state index contributed by atoms with van der Waals surface area (Å²) in [5.74, 6) is 0. The molecule has 88 valence electrons. The molecule has 0 fully saturated rings. The average Bonchev–Trinajstić information content (AvgIpc) is 2.29. The Hall–Kier alpha value is -0.835. The third-order valence-corrected chi connectivity index (χ3v) is 2.41. The molecule has 0 heterocycles. The first-order chi connectivity index (χ1) is 7.74. The summed E-state index contributed by atoms with van der Waals surface area (Å²) in [5, 5.41) is 18.0. The van der Waals surface area contributed by atoms with E-state index in [2.05, 4.69) is 6.92 Å². The van der Waals surface area contributed by atoms with E-state index in [1.54, 1.807) is 18.2 Å². The van der Waals surface area contributed by atoms with Crippen LogP contribution in [0.15, 0.2) is 24.3 Å². The van der Waals surface area contributed by atoms with E-state index in [4.69, 9.17) is 14.8 Å². The van der Waals surface area contributed by atoms with E-state index in [0.717, 1.165) is 18.6 Å². The molecule has 4 heteroatoms. The highest BCUT2D eigenvalue weighted by atomic mass is 16.5. The second-order valence-corrected chi connectivity index (χ2v) is 3.88. The summed E-state index contributed by atoms with van der Waals surface area (Å²) in [6, 6.07) is 7.17. The molecule has 0 radical (unpaired) electrons. The smallest absolute Gasteiger partial charge is 0.423 e. The fourth-order valence-electron chi connectivity index (χ4n) is 1.49. The molecule has 1 aromatic carbocycles. The first-order valence-corrected chi connectivity index (χ1v) is 5.76. The summed E-state index contributed by atoms with van der Waals surface area (Å²) in [4.78, 5) is 0. The van der Waals surface area contributed by atoms with Gasteiger partial charge < -0.3 is 14.8 Å². The Bertz CT molecular complexity index is 302. The fourth-order valence-corrected chi connectivity index (χ4v) is 1.49. The van der Waals surface area contributed by atoms with Crippen LogP contribution >= 0.6 is 0 Å². The van der Waals surface area contributed by atoms with Gasteiger partial charge in [0.25, 0.3) is 0 Å². The van der Waals surface area contributed by atoms with Crippen LogP contribution in [0.25, 0.3) is 0 Å². The van der Waals surface area contributed by atoms with Gasteiger partial charge in [0.15, 0.2) is 0 Å². The van der Waals surface area contributed by atoms with Gasteiger partial charge in [-0.3, -0.25) is 0 Å². The van der Waals surface area contributed by atoms with Gasteiger partial charge in [-0.15, -0.1) is 0 Å². The van der Waals surface area contributed by atoms with Gasteiger partial charge >= 0.3 is 7.12 Å². The Morgan fingerprint density at radius 2 is 2.06 bits per heavy atom. The third-order valence-electron chi connectivity index (χ3n) is 2.41. The Balaban J connectivity index is 2.33. The maximum absolute atomic E-state index is 9.00. The van der Waals surface area contributed by atoms with Crippen molar-refractivity contribution in [2.24, 2.45) is 0 Å². The minimum atomic E-state index is -1.40.